The maximum atomic E-state index is 8.74. The second kappa shape index (κ2) is 7.47. The predicted molar refractivity (Wildman–Crippen MR) is 98.5 cm³/mol. The van der Waals surface area contributed by atoms with Crippen molar-refractivity contribution < 1.29 is 14.1 Å². The molecule has 3 fully saturated rings. The van der Waals surface area contributed by atoms with Crippen molar-refractivity contribution in [2.45, 2.75) is 86.0 Å². The summed E-state index contributed by atoms with van der Waals surface area (Å²) in [5, 5.41) is 0. The summed E-state index contributed by atoms with van der Waals surface area (Å²) in [5.41, 5.74) is 1.26. The van der Waals surface area contributed by atoms with Crippen molar-refractivity contribution in [3.63, 3.8) is 0 Å². The van der Waals surface area contributed by atoms with Gasteiger partial charge in [-0.05, 0) is 72.5 Å². The van der Waals surface area contributed by atoms with Gasteiger partial charge in [0.25, 0.3) is 0 Å². The van der Waals surface area contributed by atoms with Crippen LogP contribution in [0.2, 0.25) is 0 Å². The Bertz CT molecular complexity index is 446. The lowest BCUT2D eigenvalue weighted by molar-refractivity contribution is -0.0692. The van der Waals surface area contributed by atoms with Crippen LogP contribution in [-0.4, -0.2) is 18.8 Å². The largest absolute Gasteiger partial charge is 0.761 e. The molecule has 3 saturated carbocycles. The molecular formula is C20H38O3Si. The molecule has 24 heavy (non-hydrogen) atoms. The third-order valence-electron chi connectivity index (χ3n) is 8.22. The first-order chi connectivity index (χ1) is 11.1. The third kappa shape index (κ3) is 4.05. The molecule has 140 valence electrons. The van der Waals surface area contributed by atoms with Crippen molar-refractivity contribution in [2.75, 3.05) is 0 Å². The van der Waals surface area contributed by atoms with Crippen molar-refractivity contribution in [3.8, 4) is 0 Å². The summed E-state index contributed by atoms with van der Waals surface area (Å²) in [6, 6.07) is 0. The van der Waals surface area contributed by atoms with Crippen LogP contribution in [0.15, 0.2) is 0 Å². The highest BCUT2D eigenvalue weighted by Gasteiger charge is 2.50. The molecule has 4 heteroatoms. The fraction of sp³-hybridized carbons (Fsp3) is 1.00. The summed E-state index contributed by atoms with van der Waals surface area (Å²) < 4.78 is 8.74. The van der Waals surface area contributed by atoms with E-state index in [9.17, 15) is 0 Å². The van der Waals surface area contributed by atoms with Gasteiger partial charge in [0, 0.05) is 0 Å². The maximum Gasteiger partial charge on any atom is 0.761 e. The highest BCUT2D eigenvalue weighted by Crippen LogP contribution is 2.60. The van der Waals surface area contributed by atoms with Gasteiger partial charge in [-0.3, -0.25) is 4.46 Å². The summed E-state index contributed by atoms with van der Waals surface area (Å²) in [5.74, 6) is 4.92. The average Bonchev–Trinajstić information content (AvgIpc) is 2.43. The van der Waals surface area contributed by atoms with Crippen LogP contribution in [-0.2, 0) is 4.46 Å². The van der Waals surface area contributed by atoms with Crippen LogP contribution in [0.5, 0.6) is 0 Å². The molecule has 0 amide bonds. The third-order valence-corrected chi connectivity index (χ3v) is 8.22. The van der Waals surface area contributed by atoms with E-state index < -0.39 is 9.17 Å². The van der Waals surface area contributed by atoms with Gasteiger partial charge >= 0.3 is 9.17 Å². The van der Waals surface area contributed by atoms with Crippen molar-refractivity contribution in [3.05, 3.63) is 0 Å². The van der Waals surface area contributed by atoms with Crippen LogP contribution in [0, 0.1) is 40.4 Å². The van der Waals surface area contributed by atoms with Gasteiger partial charge in [0.1, 0.15) is 0 Å². The summed E-state index contributed by atoms with van der Waals surface area (Å²) >= 11 is 0. The summed E-state index contributed by atoms with van der Waals surface area (Å²) in [4.78, 5) is 14.3. The Morgan fingerprint density at radius 3 is 2.08 bits per heavy atom. The minimum Gasteiger partial charge on any atom is -0.511 e. The molecule has 0 aromatic rings. The standard InChI is InChI=1S/C20H36.H2O3Si/c1-14-7-6-11-20(5)12-10-17-15(2)8-9-16(13-18(14)20)19(17,3)4;1-4(2)3/h14-18H,6-13H2,1-5H3;1-2H/t14-,15-,16+,17+,18-,20+;/m1./s1. The van der Waals surface area contributed by atoms with Crippen LogP contribution in [0.25, 0.3) is 0 Å². The van der Waals surface area contributed by atoms with E-state index in [-0.39, 0.29) is 0 Å². The smallest absolute Gasteiger partial charge is 0.511 e. The SMILES string of the molecule is C[C@@H]1CCC[C@@]2(C)CC[C@H]3[C@H](C)CC[C@@H](C[C@H]12)C3(C)C.O=[Si](O)O. The number of rotatable bonds is 0. The van der Waals surface area contributed by atoms with Crippen molar-refractivity contribution in [1.82, 2.24) is 0 Å². The van der Waals surface area contributed by atoms with E-state index >= 15 is 0 Å². The topological polar surface area (TPSA) is 57.5 Å². The van der Waals surface area contributed by atoms with Gasteiger partial charge in [0.15, 0.2) is 0 Å². The molecule has 2 bridgehead atoms. The first kappa shape index (κ1) is 19.9. The Balaban J connectivity index is 0.000000471. The fourth-order valence-electron chi connectivity index (χ4n) is 6.67. The van der Waals surface area contributed by atoms with E-state index in [1.54, 1.807) is 0 Å². The van der Waals surface area contributed by atoms with Crippen molar-refractivity contribution >= 4 is 9.17 Å². The molecular weight excluding hydrogens is 316 g/mol. The normalized spacial score (nSPS) is 44.1. The lowest BCUT2D eigenvalue weighted by atomic mass is 9.48. The average molecular weight is 355 g/mol. The van der Waals surface area contributed by atoms with Gasteiger partial charge < -0.3 is 9.59 Å². The van der Waals surface area contributed by atoms with Crippen LogP contribution in [0.1, 0.15) is 86.0 Å². The summed E-state index contributed by atoms with van der Waals surface area (Å²) in [6.45, 7) is 12.9. The van der Waals surface area contributed by atoms with E-state index in [0.29, 0.717) is 10.8 Å². The molecule has 0 saturated heterocycles. The Morgan fingerprint density at radius 1 is 0.875 bits per heavy atom. The molecule has 0 spiro atoms. The Kier molecular flexibility index (Phi) is 6.20. The fourth-order valence-corrected chi connectivity index (χ4v) is 6.67. The zero-order chi connectivity index (χ0) is 18.1. The van der Waals surface area contributed by atoms with Gasteiger partial charge in [-0.2, -0.15) is 0 Å². The number of hydrogen-bond acceptors (Lipinski definition) is 1. The number of fused-ring (bicyclic) bond motifs is 3. The van der Waals surface area contributed by atoms with Crippen LogP contribution in [0.4, 0.5) is 0 Å². The molecule has 0 unspecified atom stereocenters. The van der Waals surface area contributed by atoms with E-state index in [2.05, 4.69) is 34.6 Å². The van der Waals surface area contributed by atoms with E-state index in [1.807, 2.05) is 0 Å². The maximum absolute atomic E-state index is 8.74. The molecule has 2 N–H and O–H groups in total. The van der Waals surface area contributed by atoms with Gasteiger partial charge in [0.05, 0.1) is 0 Å². The lowest BCUT2D eigenvalue weighted by Gasteiger charge is -2.57. The minimum atomic E-state index is -3.13. The molecule has 0 heterocycles. The van der Waals surface area contributed by atoms with Crippen LogP contribution in [0.3, 0.4) is 0 Å². The highest BCUT2D eigenvalue weighted by atomic mass is 28.3. The van der Waals surface area contributed by atoms with E-state index in [0.717, 1.165) is 29.6 Å². The molecule has 0 aliphatic heterocycles. The van der Waals surface area contributed by atoms with Gasteiger partial charge in [-0.25, -0.2) is 0 Å². The first-order valence-corrected chi connectivity index (χ1v) is 11.3. The lowest BCUT2D eigenvalue weighted by Crippen LogP contribution is -2.48. The second-order valence-corrected chi connectivity index (χ2v) is 10.4. The van der Waals surface area contributed by atoms with Crippen molar-refractivity contribution in [2.24, 2.45) is 40.4 Å². The monoisotopic (exact) mass is 354 g/mol. The van der Waals surface area contributed by atoms with E-state index in [1.165, 1.54) is 51.4 Å². The van der Waals surface area contributed by atoms with Crippen LogP contribution >= 0.6 is 0 Å². The van der Waals surface area contributed by atoms with Crippen molar-refractivity contribution in [1.29, 1.82) is 0 Å². The highest BCUT2D eigenvalue weighted by molar-refractivity contribution is 6.22. The summed E-state index contributed by atoms with van der Waals surface area (Å²) in [7, 11) is -3.13. The molecule has 0 aromatic carbocycles. The molecule has 6 atom stereocenters. The van der Waals surface area contributed by atoms with Gasteiger partial charge in [-0.1, -0.05) is 53.9 Å². The Hall–Kier alpha value is -0.383. The quantitative estimate of drug-likeness (QED) is 0.621. The number of hydrogen-bond donors (Lipinski definition) is 2. The Morgan fingerprint density at radius 2 is 1.46 bits per heavy atom. The van der Waals surface area contributed by atoms with Gasteiger partial charge in [-0.15, -0.1) is 0 Å². The minimum absolute atomic E-state index is 0.593. The molecule has 3 rings (SSSR count). The molecule has 3 aliphatic rings. The van der Waals surface area contributed by atoms with E-state index in [4.69, 9.17) is 14.1 Å². The Labute approximate surface area is 150 Å². The first-order valence-electron chi connectivity index (χ1n) is 10.00. The van der Waals surface area contributed by atoms with Crippen LogP contribution < -0.4 is 0 Å². The second-order valence-electron chi connectivity index (χ2n) is 9.87. The zero-order valence-electron chi connectivity index (χ0n) is 16.3. The predicted octanol–water partition coefficient (Wildman–Crippen LogP) is 4.69. The molecule has 3 aliphatic carbocycles. The zero-order valence-corrected chi connectivity index (χ0v) is 17.3. The molecule has 0 radical (unpaired) electrons. The molecule has 0 aromatic heterocycles. The molecule has 3 nitrogen and oxygen atoms in total. The van der Waals surface area contributed by atoms with Gasteiger partial charge in [0.2, 0.25) is 0 Å². The summed E-state index contributed by atoms with van der Waals surface area (Å²) in [6.07, 6.45) is 12.0.